The number of methoxy groups -OCH3 is 3. The highest BCUT2D eigenvalue weighted by Gasteiger charge is 2.42. The van der Waals surface area contributed by atoms with E-state index in [1.165, 1.54) is 17.2 Å². The first-order valence-electron chi connectivity index (χ1n) is 13.3. The summed E-state index contributed by atoms with van der Waals surface area (Å²) in [6, 6.07) is 6.54. The van der Waals surface area contributed by atoms with E-state index < -0.39 is 11.9 Å². The van der Waals surface area contributed by atoms with Crippen molar-refractivity contribution in [3.05, 3.63) is 63.2 Å². The fourth-order valence-electron chi connectivity index (χ4n) is 5.52. The standard InChI is InChI=1S/C30H35FN2O5S2/c1-17(2)27-29(37-5)32-25(28(33-27)36-4)12-19-13-26(38-16-35-3)22(14-24(19)31)21-10-18-6-7-30(39-8-9-40-30)23(18)11-20(21)15-34/h8-11,13-14,17,25,27,34H,6-7,12,15-16H2,1-5H3/t25-,27+/m0/s1. The van der Waals surface area contributed by atoms with Crippen LogP contribution in [-0.4, -0.2) is 57.1 Å². The van der Waals surface area contributed by atoms with Crippen LogP contribution in [0.3, 0.4) is 0 Å². The molecule has 2 heterocycles. The van der Waals surface area contributed by atoms with E-state index in [1.807, 2.05) is 37.4 Å². The summed E-state index contributed by atoms with van der Waals surface area (Å²) in [5, 5.41) is 14.6. The van der Waals surface area contributed by atoms with Gasteiger partial charge >= 0.3 is 0 Å². The van der Waals surface area contributed by atoms with Crippen LogP contribution in [0, 0.1) is 11.7 Å². The maximum absolute atomic E-state index is 15.8. The van der Waals surface area contributed by atoms with Gasteiger partial charge in [-0.3, -0.25) is 0 Å². The number of fused-ring (bicyclic) bond motifs is 2. The molecule has 2 aliphatic heterocycles. The fraction of sp³-hybridized carbons (Fsp3) is 0.467. The first kappa shape index (κ1) is 29.0. The molecule has 5 rings (SSSR count). The Balaban J connectivity index is 1.53. The topological polar surface area (TPSA) is 81.9 Å². The fourth-order valence-corrected chi connectivity index (χ4v) is 8.03. The van der Waals surface area contributed by atoms with Gasteiger partial charge in [0, 0.05) is 19.1 Å². The number of hydrogen-bond acceptors (Lipinski definition) is 9. The lowest BCUT2D eigenvalue weighted by Gasteiger charge is -2.27. The Morgan fingerprint density at radius 1 is 1.00 bits per heavy atom. The Hall–Kier alpha value is -2.53. The van der Waals surface area contributed by atoms with Gasteiger partial charge < -0.3 is 24.1 Å². The van der Waals surface area contributed by atoms with Crippen LogP contribution < -0.4 is 4.74 Å². The molecule has 1 aliphatic carbocycles. The smallest absolute Gasteiger partial charge is 0.209 e. The van der Waals surface area contributed by atoms with Gasteiger partial charge in [0.05, 0.1) is 24.9 Å². The van der Waals surface area contributed by atoms with Gasteiger partial charge in [0.15, 0.2) is 6.79 Å². The van der Waals surface area contributed by atoms with E-state index >= 15 is 4.39 Å². The van der Waals surface area contributed by atoms with Crippen LogP contribution in [0.15, 0.2) is 45.1 Å². The highest BCUT2D eigenvalue weighted by atomic mass is 32.2. The lowest BCUT2D eigenvalue weighted by atomic mass is 9.92. The van der Waals surface area contributed by atoms with Crippen LogP contribution in [0.5, 0.6) is 5.75 Å². The Morgan fingerprint density at radius 3 is 2.40 bits per heavy atom. The molecule has 0 bridgehead atoms. The summed E-state index contributed by atoms with van der Waals surface area (Å²) in [7, 11) is 4.66. The molecule has 40 heavy (non-hydrogen) atoms. The molecule has 7 nitrogen and oxygen atoms in total. The Bertz CT molecular complexity index is 1350. The molecule has 0 aromatic heterocycles. The summed E-state index contributed by atoms with van der Waals surface area (Å²) < 4.78 is 38.1. The number of aliphatic hydroxyl groups excluding tert-OH is 1. The molecule has 2 atom stereocenters. The summed E-state index contributed by atoms with van der Waals surface area (Å²) in [6.07, 6.45) is 2.13. The molecule has 2 aromatic carbocycles. The molecular formula is C30H35FN2O5S2. The van der Waals surface area contributed by atoms with Gasteiger partial charge in [-0.25, -0.2) is 14.4 Å². The number of nitrogens with zero attached hydrogens (tertiary/aromatic N) is 2. The van der Waals surface area contributed by atoms with E-state index in [0.29, 0.717) is 28.7 Å². The summed E-state index contributed by atoms with van der Waals surface area (Å²) in [4.78, 5) is 9.44. The number of aryl methyl sites for hydroxylation is 1. The monoisotopic (exact) mass is 586 g/mol. The summed E-state index contributed by atoms with van der Waals surface area (Å²) >= 11 is 3.63. The molecule has 0 fully saturated rings. The van der Waals surface area contributed by atoms with Crippen LogP contribution in [0.2, 0.25) is 0 Å². The molecule has 0 saturated heterocycles. The molecule has 0 radical (unpaired) electrons. The van der Waals surface area contributed by atoms with Gasteiger partial charge in [0.1, 0.15) is 23.7 Å². The molecular weight excluding hydrogens is 551 g/mol. The van der Waals surface area contributed by atoms with Gasteiger partial charge in [0.2, 0.25) is 11.8 Å². The second-order valence-corrected chi connectivity index (χ2v) is 13.0. The van der Waals surface area contributed by atoms with E-state index in [0.717, 1.165) is 24.0 Å². The van der Waals surface area contributed by atoms with E-state index in [-0.39, 0.29) is 35.9 Å². The van der Waals surface area contributed by atoms with E-state index in [2.05, 4.69) is 22.9 Å². The van der Waals surface area contributed by atoms with Crippen molar-refractivity contribution in [1.82, 2.24) is 0 Å². The number of aliphatic imine (C=N–C) groups is 2. The Labute approximate surface area is 243 Å². The van der Waals surface area contributed by atoms with E-state index in [1.54, 1.807) is 27.4 Å². The molecule has 2 aromatic rings. The second kappa shape index (κ2) is 12.1. The van der Waals surface area contributed by atoms with Crippen molar-refractivity contribution in [2.75, 3.05) is 28.1 Å². The van der Waals surface area contributed by atoms with Crippen molar-refractivity contribution in [2.45, 2.75) is 55.9 Å². The number of hydrogen-bond donors (Lipinski definition) is 1. The predicted molar refractivity (Wildman–Crippen MR) is 160 cm³/mol. The second-order valence-electron chi connectivity index (χ2n) is 10.3. The molecule has 214 valence electrons. The Morgan fingerprint density at radius 2 is 1.75 bits per heavy atom. The average Bonchev–Trinajstić information content (AvgIpc) is 3.58. The van der Waals surface area contributed by atoms with Crippen LogP contribution in [0.25, 0.3) is 11.1 Å². The maximum atomic E-state index is 15.8. The molecule has 0 unspecified atom stereocenters. The number of ether oxygens (including phenoxy) is 4. The largest absolute Gasteiger partial charge is 0.483 e. The van der Waals surface area contributed by atoms with E-state index in [4.69, 9.17) is 28.9 Å². The number of benzene rings is 2. The average molecular weight is 587 g/mol. The number of rotatable bonds is 8. The maximum Gasteiger partial charge on any atom is 0.209 e. The summed E-state index contributed by atoms with van der Waals surface area (Å²) in [5.41, 5.74) is 4.91. The van der Waals surface area contributed by atoms with Gasteiger partial charge in [-0.1, -0.05) is 26.0 Å². The van der Waals surface area contributed by atoms with Crippen molar-refractivity contribution in [3.63, 3.8) is 0 Å². The molecule has 10 heteroatoms. The minimum atomic E-state index is -0.537. The van der Waals surface area contributed by atoms with Gasteiger partial charge in [-0.15, -0.1) is 23.5 Å². The Kier molecular flexibility index (Phi) is 8.80. The molecule has 1 spiro atoms. The van der Waals surface area contributed by atoms with Crippen molar-refractivity contribution < 1.29 is 28.4 Å². The lowest BCUT2D eigenvalue weighted by Crippen LogP contribution is -2.38. The number of halogens is 1. The third-order valence-corrected chi connectivity index (χ3v) is 10.4. The zero-order chi connectivity index (χ0) is 28.4. The summed E-state index contributed by atoms with van der Waals surface area (Å²) in [5.74, 6) is 1.18. The van der Waals surface area contributed by atoms with Gasteiger partial charge in [0.25, 0.3) is 0 Å². The third-order valence-electron chi connectivity index (χ3n) is 7.53. The SMILES string of the molecule is COCOc1cc(C[C@@H]2N=C(OC)[C@@H](C(C)C)N=C2OC)c(F)cc1-c1cc2c(cc1CO)C1(CC2)SC=CS1. The first-order valence-corrected chi connectivity index (χ1v) is 15.1. The predicted octanol–water partition coefficient (Wildman–Crippen LogP) is 6.06. The molecule has 3 aliphatic rings. The van der Waals surface area contributed by atoms with Crippen molar-refractivity contribution in [3.8, 4) is 16.9 Å². The zero-order valence-corrected chi connectivity index (χ0v) is 25.0. The highest BCUT2D eigenvalue weighted by molar-refractivity contribution is 8.22. The van der Waals surface area contributed by atoms with Crippen LogP contribution in [0.4, 0.5) is 4.39 Å². The van der Waals surface area contributed by atoms with Crippen molar-refractivity contribution in [1.29, 1.82) is 0 Å². The highest BCUT2D eigenvalue weighted by Crippen LogP contribution is 2.60. The van der Waals surface area contributed by atoms with E-state index in [9.17, 15) is 5.11 Å². The van der Waals surface area contributed by atoms with Crippen molar-refractivity contribution >= 4 is 35.3 Å². The quantitative estimate of drug-likeness (QED) is 0.377. The minimum absolute atomic E-state index is 0.00418. The normalized spacial score (nSPS) is 21.0. The van der Waals surface area contributed by atoms with Crippen molar-refractivity contribution in [2.24, 2.45) is 15.9 Å². The number of thioether (sulfide) groups is 2. The third kappa shape index (κ3) is 5.38. The molecule has 1 N–H and O–H groups in total. The zero-order valence-electron chi connectivity index (χ0n) is 23.4. The van der Waals surface area contributed by atoms with Crippen LogP contribution in [-0.2, 0) is 37.7 Å². The number of aliphatic hydroxyl groups is 1. The minimum Gasteiger partial charge on any atom is -0.483 e. The first-order chi connectivity index (χ1) is 19.3. The van der Waals surface area contributed by atoms with Crippen LogP contribution >= 0.6 is 23.5 Å². The lowest BCUT2D eigenvalue weighted by molar-refractivity contribution is 0.0514. The molecule has 0 saturated carbocycles. The van der Waals surface area contributed by atoms with Gasteiger partial charge in [-0.05, 0) is 69.5 Å². The van der Waals surface area contributed by atoms with Crippen LogP contribution in [0.1, 0.15) is 42.5 Å². The van der Waals surface area contributed by atoms with Gasteiger partial charge in [-0.2, -0.15) is 0 Å². The summed E-state index contributed by atoms with van der Waals surface area (Å²) in [6.45, 7) is 3.90. The molecule has 0 amide bonds.